The topological polar surface area (TPSA) is 38.8 Å². The van der Waals surface area contributed by atoms with Crippen LogP contribution in [0.15, 0.2) is 42.0 Å². The Balaban J connectivity index is 1.17. The smallest absolute Gasteiger partial charge is 0.338 e. The molecule has 1 aromatic rings. The van der Waals surface area contributed by atoms with E-state index in [1.54, 1.807) is 5.57 Å². The molecule has 3 nitrogen and oxygen atoms in total. The number of carbonyl (C=O) groups is 1. The first-order valence-corrected chi connectivity index (χ1v) is 15.3. The highest BCUT2D eigenvalue weighted by Crippen LogP contribution is 2.76. The first-order chi connectivity index (χ1) is 17.7. The molecule has 0 bridgehead atoms. The van der Waals surface area contributed by atoms with Gasteiger partial charge in [0.15, 0.2) is 0 Å². The Morgan fingerprint density at radius 2 is 1.84 bits per heavy atom. The van der Waals surface area contributed by atoms with Gasteiger partial charge in [-0.3, -0.25) is 0 Å². The van der Waals surface area contributed by atoms with Gasteiger partial charge in [-0.2, -0.15) is 0 Å². The average Bonchev–Trinajstić information content (AvgIpc) is 3.54. The fourth-order valence-corrected chi connectivity index (χ4v) is 9.75. The fraction of sp³-hybridized carbons (Fsp3) is 0.735. The van der Waals surface area contributed by atoms with E-state index in [0.717, 1.165) is 43.4 Å². The predicted molar refractivity (Wildman–Crippen MR) is 148 cm³/mol. The van der Waals surface area contributed by atoms with Crippen LogP contribution in [0.3, 0.4) is 0 Å². The lowest BCUT2D eigenvalue weighted by Crippen LogP contribution is -2.54. The number of rotatable bonds is 7. The Kier molecular flexibility index (Phi) is 6.41. The van der Waals surface area contributed by atoms with E-state index in [9.17, 15) is 4.79 Å². The van der Waals surface area contributed by atoms with Crippen LogP contribution in [0.2, 0.25) is 0 Å². The summed E-state index contributed by atoms with van der Waals surface area (Å²) in [6, 6.07) is 9.47. The first-order valence-electron chi connectivity index (χ1n) is 15.3. The minimum absolute atomic E-state index is 0.0253. The van der Waals surface area contributed by atoms with Crippen LogP contribution in [-0.4, -0.2) is 23.8 Å². The zero-order valence-electron chi connectivity index (χ0n) is 23.8. The minimum atomic E-state index is -0.165. The summed E-state index contributed by atoms with van der Waals surface area (Å²) in [5, 5.41) is 0. The van der Waals surface area contributed by atoms with Crippen LogP contribution in [-0.2, 0) is 9.47 Å². The molecule has 3 saturated carbocycles. The molecule has 4 fully saturated rings. The van der Waals surface area contributed by atoms with Gasteiger partial charge in [0, 0.05) is 5.41 Å². The Bertz CT molecular complexity index is 1040. The van der Waals surface area contributed by atoms with E-state index < -0.39 is 0 Å². The molecule has 9 unspecified atom stereocenters. The SMILES string of the molecule is CC(C)CCCC(C)C1CC2OC23C2=CCC4CC(OC(=O)c5ccccc5)CCC4(C)C2CCC13C. The Hall–Kier alpha value is -1.61. The summed E-state index contributed by atoms with van der Waals surface area (Å²) in [4.78, 5) is 12.7. The quantitative estimate of drug-likeness (QED) is 0.213. The van der Waals surface area contributed by atoms with E-state index in [0.29, 0.717) is 34.3 Å². The third-order valence-electron chi connectivity index (χ3n) is 11.9. The van der Waals surface area contributed by atoms with Crippen molar-refractivity contribution in [2.45, 2.75) is 117 Å². The summed E-state index contributed by atoms with van der Waals surface area (Å²) in [6.45, 7) is 12.4. The van der Waals surface area contributed by atoms with Crippen LogP contribution in [0.5, 0.6) is 0 Å². The molecule has 202 valence electrons. The number of ether oxygens (including phenoxy) is 2. The number of epoxide rings is 1. The third-order valence-corrected chi connectivity index (χ3v) is 11.9. The van der Waals surface area contributed by atoms with Crippen LogP contribution in [0, 0.1) is 40.4 Å². The number of carbonyl (C=O) groups excluding carboxylic acids is 1. The zero-order chi connectivity index (χ0) is 26.0. The molecule has 5 aliphatic rings. The number of esters is 1. The highest BCUT2D eigenvalue weighted by molar-refractivity contribution is 5.89. The predicted octanol–water partition coefficient (Wildman–Crippen LogP) is 8.38. The van der Waals surface area contributed by atoms with Gasteiger partial charge in [0.25, 0.3) is 0 Å². The molecule has 0 aromatic heterocycles. The van der Waals surface area contributed by atoms with Gasteiger partial charge >= 0.3 is 5.97 Å². The summed E-state index contributed by atoms with van der Waals surface area (Å²) in [5.74, 6) is 3.44. The Labute approximate surface area is 224 Å². The summed E-state index contributed by atoms with van der Waals surface area (Å²) in [7, 11) is 0. The highest BCUT2D eigenvalue weighted by Gasteiger charge is 2.79. The lowest BCUT2D eigenvalue weighted by atomic mass is 9.47. The van der Waals surface area contributed by atoms with Gasteiger partial charge in [0.05, 0.1) is 11.7 Å². The molecular weight excluding hydrogens is 456 g/mol. The van der Waals surface area contributed by atoms with Crippen molar-refractivity contribution >= 4 is 5.97 Å². The van der Waals surface area contributed by atoms with Crippen molar-refractivity contribution in [3.63, 3.8) is 0 Å². The minimum Gasteiger partial charge on any atom is -0.459 e. The molecule has 9 atom stereocenters. The lowest BCUT2D eigenvalue weighted by Gasteiger charge is -2.58. The van der Waals surface area contributed by atoms with Crippen molar-refractivity contribution in [2.24, 2.45) is 40.4 Å². The maximum Gasteiger partial charge on any atom is 0.338 e. The van der Waals surface area contributed by atoms with Gasteiger partial charge in [0.1, 0.15) is 11.7 Å². The number of benzene rings is 1. The molecule has 1 heterocycles. The number of hydrogen-bond donors (Lipinski definition) is 0. The van der Waals surface area contributed by atoms with Crippen molar-refractivity contribution in [3.8, 4) is 0 Å². The molecule has 0 N–H and O–H groups in total. The zero-order valence-corrected chi connectivity index (χ0v) is 23.8. The molecule has 1 spiro atoms. The Morgan fingerprint density at radius 3 is 2.59 bits per heavy atom. The van der Waals surface area contributed by atoms with E-state index in [1.807, 2.05) is 30.3 Å². The summed E-state index contributed by atoms with van der Waals surface area (Å²) in [6.07, 6.45) is 15.3. The van der Waals surface area contributed by atoms with Gasteiger partial charge in [-0.15, -0.1) is 0 Å². The fourth-order valence-electron chi connectivity index (χ4n) is 9.75. The second-order valence-electron chi connectivity index (χ2n) is 14.3. The van der Waals surface area contributed by atoms with Gasteiger partial charge in [0.2, 0.25) is 0 Å². The average molecular weight is 505 g/mol. The van der Waals surface area contributed by atoms with Crippen LogP contribution in [0.1, 0.15) is 109 Å². The first kappa shape index (κ1) is 25.7. The summed E-state index contributed by atoms with van der Waals surface area (Å²) >= 11 is 0. The normalized spacial score (nSPS) is 42.6. The van der Waals surface area contributed by atoms with Crippen LogP contribution in [0.4, 0.5) is 0 Å². The molecule has 1 saturated heterocycles. The van der Waals surface area contributed by atoms with Gasteiger partial charge in [-0.1, -0.05) is 78.2 Å². The molecule has 6 rings (SSSR count). The molecule has 0 amide bonds. The maximum atomic E-state index is 12.7. The van der Waals surface area contributed by atoms with Crippen molar-refractivity contribution < 1.29 is 14.3 Å². The van der Waals surface area contributed by atoms with E-state index in [2.05, 4.69) is 40.7 Å². The second kappa shape index (κ2) is 9.25. The third kappa shape index (κ3) is 3.97. The lowest BCUT2D eigenvalue weighted by molar-refractivity contribution is -0.0665. The molecule has 37 heavy (non-hydrogen) atoms. The van der Waals surface area contributed by atoms with E-state index >= 15 is 0 Å². The molecule has 3 heteroatoms. The van der Waals surface area contributed by atoms with E-state index in [4.69, 9.17) is 9.47 Å². The number of hydrogen-bond acceptors (Lipinski definition) is 3. The number of fused-ring (bicyclic) bond motifs is 3. The van der Waals surface area contributed by atoms with Crippen molar-refractivity contribution in [2.75, 3.05) is 0 Å². The van der Waals surface area contributed by atoms with Crippen molar-refractivity contribution in [1.29, 1.82) is 0 Å². The Morgan fingerprint density at radius 1 is 1.05 bits per heavy atom. The van der Waals surface area contributed by atoms with Crippen LogP contribution >= 0.6 is 0 Å². The van der Waals surface area contributed by atoms with Crippen LogP contribution in [0.25, 0.3) is 0 Å². The van der Waals surface area contributed by atoms with E-state index in [1.165, 1.54) is 38.5 Å². The van der Waals surface area contributed by atoms with Gasteiger partial charge < -0.3 is 9.47 Å². The van der Waals surface area contributed by atoms with Gasteiger partial charge in [-0.25, -0.2) is 4.79 Å². The standard InChI is InChI=1S/C34H48O3/c1-22(2)10-9-11-23(3)29-21-30-34(37-30)28-15-14-25-20-26(36-31(35)24-12-7-6-8-13-24)16-18-32(25,4)27(28)17-19-33(29,34)5/h6-8,12-13,15,22-23,25-27,29-30H,9-11,14,16-21H2,1-5H3. The van der Waals surface area contributed by atoms with Crippen molar-refractivity contribution in [3.05, 3.63) is 47.5 Å². The number of allylic oxidation sites excluding steroid dienone is 1. The highest BCUT2D eigenvalue weighted by atomic mass is 16.6. The van der Waals surface area contributed by atoms with E-state index in [-0.39, 0.29) is 17.7 Å². The molecular formula is C34H48O3. The molecule has 0 radical (unpaired) electrons. The maximum absolute atomic E-state index is 12.7. The molecule has 1 aromatic carbocycles. The molecule has 1 aliphatic heterocycles. The van der Waals surface area contributed by atoms with Gasteiger partial charge in [-0.05, 0) is 97.7 Å². The van der Waals surface area contributed by atoms with Crippen LogP contribution < -0.4 is 0 Å². The largest absolute Gasteiger partial charge is 0.459 e. The van der Waals surface area contributed by atoms with Crippen molar-refractivity contribution in [1.82, 2.24) is 0 Å². The monoisotopic (exact) mass is 504 g/mol. The summed E-state index contributed by atoms with van der Waals surface area (Å²) < 4.78 is 12.8. The summed E-state index contributed by atoms with van der Waals surface area (Å²) in [5.41, 5.74) is 2.97. The second-order valence-corrected chi connectivity index (χ2v) is 14.3. The molecule has 4 aliphatic carbocycles.